The lowest BCUT2D eigenvalue weighted by Crippen LogP contribution is -2.19. The molecule has 44 heavy (non-hydrogen) atoms. The average molecular weight is 611 g/mol. The Balaban J connectivity index is 1.27. The number of allylic oxidation sites excluding steroid dienone is 6. The minimum absolute atomic E-state index is 0.0929. The van der Waals surface area contributed by atoms with Crippen LogP contribution in [0.5, 0.6) is 5.75 Å². The van der Waals surface area contributed by atoms with Crippen LogP contribution in [0.1, 0.15) is 75.5 Å². The van der Waals surface area contributed by atoms with Gasteiger partial charge in [-0.05, 0) is 106 Å². The second-order valence-corrected chi connectivity index (χ2v) is 11.5. The molecule has 0 spiro atoms. The second-order valence-electron chi connectivity index (χ2n) is 11.5. The van der Waals surface area contributed by atoms with Gasteiger partial charge in [-0.2, -0.15) is 4.39 Å². The normalized spacial score (nSPS) is 18.8. The van der Waals surface area contributed by atoms with Crippen LogP contribution in [0.2, 0.25) is 0 Å². The zero-order chi connectivity index (χ0) is 31.4. The van der Waals surface area contributed by atoms with E-state index in [1.807, 2.05) is 31.2 Å². The first-order chi connectivity index (χ1) is 21.2. The van der Waals surface area contributed by atoms with E-state index >= 15 is 8.78 Å². The quantitative estimate of drug-likeness (QED) is 0.173. The van der Waals surface area contributed by atoms with Gasteiger partial charge in [0.25, 0.3) is 0 Å². The highest BCUT2D eigenvalue weighted by Gasteiger charge is 2.29. The van der Waals surface area contributed by atoms with Crippen LogP contribution < -0.4 is 4.74 Å². The molecule has 0 aliphatic heterocycles. The maximum Gasteiger partial charge on any atom is 0.201 e. The van der Waals surface area contributed by atoms with Gasteiger partial charge in [0.1, 0.15) is 0 Å². The molecular weight excluding hydrogens is 574 g/mol. The topological polar surface area (TPSA) is 9.23 Å². The Kier molecular flexibility index (Phi) is 10.0. The van der Waals surface area contributed by atoms with Crippen molar-refractivity contribution >= 4 is 11.1 Å². The fourth-order valence-corrected chi connectivity index (χ4v) is 6.50. The maximum atomic E-state index is 15.3. The predicted molar refractivity (Wildman–Crippen MR) is 163 cm³/mol. The highest BCUT2D eigenvalue weighted by atomic mass is 19.2. The molecule has 0 heterocycles. The molecule has 232 valence electrons. The monoisotopic (exact) mass is 610 g/mol. The molecule has 0 aromatic heterocycles. The van der Waals surface area contributed by atoms with Crippen molar-refractivity contribution in [2.75, 3.05) is 6.61 Å². The minimum Gasteiger partial charge on any atom is -0.491 e. The zero-order valence-electron chi connectivity index (χ0n) is 25.0. The second kappa shape index (κ2) is 13.9. The summed E-state index contributed by atoms with van der Waals surface area (Å²) >= 11 is 0. The lowest BCUT2D eigenvalue weighted by atomic mass is 9.73. The van der Waals surface area contributed by atoms with Gasteiger partial charge in [0, 0.05) is 22.3 Å². The van der Waals surface area contributed by atoms with Gasteiger partial charge in [0.2, 0.25) is 5.82 Å². The first-order valence-corrected chi connectivity index (χ1v) is 15.3. The molecule has 0 saturated heterocycles. The molecular formula is C37H36F6O. The highest BCUT2D eigenvalue weighted by molar-refractivity contribution is 5.73. The first-order valence-electron chi connectivity index (χ1n) is 15.3. The minimum atomic E-state index is -1.20. The summed E-state index contributed by atoms with van der Waals surface area (Å²) in [6.07, 6.45) is 12.6. The third-order valence-corrected chi connectivity index (χ3v) is 8.96. The van der Waals surface area contributed by atoms with Crippen LogP contribution in [0.3, 0.4) is 0 Å². The van der Waals surface area contributed by atoms with Gasteiger partial charge in [-0.15, -0.1) is 0 Å². The molecule has 7 heteroatoms. The average Bonchev–Trinajstić information content (AvgIpc) is 3.04. The van der Waals surface area contributed by atoms with Crippen molar-refractivity contribution in [3.05, 3.63) is 112 Å². The maximum absolute atomic E-state index is 15.3. The van der Waals surface area contributed by atoms with Crippen LogP contribution in [-0.4, -0.2) is 6.61 Å². The van der Waals surface area contributed by atoms with Crippen LogP contribution in [0.15, 0.2) is 60.7 Å². The van der Waals surface area contributed by atoms with Crippen molar-refractivity contribution in [2.24, 2.45) is 11.8 Å². The van der Waals surface area contributed by atoms with Gasteiger partial charge in [-0.25, -0.2) is 22.0 Å². The third-order valence-electron chi connectivity index (χ3n) is 8.96. The Morgan fingerprint density at radius 3 is 1.70 bits per heavy atom. The lowest BCUT2D eigenvalue weighted by molar-refractivity contribution is 0.292. The summed E-state index contributed by atoms with van der Waals surface area (Å²) < 4.78 is 94.4. The molecule has 0 saturated carbocycles. The summed E-state index contributed by atoms with van der Waals surface area (Å²) in [4.78, 5) is 0. The van der Waals surface area contributed by atoms with Crippen LogP contribution in [0, 0.1) is 46.7 Å². The molecule has 2 atom stereocenters. The Bertz CT molecular complexity index is 1620. The summed E-state index contributed by atoms with van der Waals surface area (Å²) in [7, 11) is 0. The van der Waals surface area contributed by atoms with Crippen molar-refractivity contribution in [3.63, 3.8) is 0 Å². The smallest absolute Gasteiger partial charge is 0.201 e. The fourth-order valence-electron chi connectivity index (χ4n) is 6.50. The van der Waals surface area contributed by atoms with E-state index in [-0.39, 0.29) is 40.2 Å². The van der Waals surface area contributed by atoms with E-state index in [0.29, 0.717) is 49.5 Å². The van der Waals surface area contributed by atoms with Crippen LogP contribution in [-0.2, 0) is 6.42 Å². The predicted octanol–water partition coefficient (Wildman–Crippen LogP) is 11.2. The molecule has 3 aromatic carbocycles. The molecule has 1 nitrogen and oxygen atoms in total. The number of ether oxygens (including phenoxy) is 1. The van der Waals surface area contributed by atoms with E-state index in [1.54, 1.807) is 13.0 Å². The number of hydrogen-bond donors (Lipinski definition) is 0. The van der Waals surface area contributed by atoms with E-state index in [2.05, 4.69) is 0 Å². The van der Waals surface area contributed by atoms with Gasteiger partial charge in [0.05, 0.1) is 6.61 Å². The number of halogens is 6. The van der Waals surface area contributed by atoms with Crippen molar-refractivity contribution in [1.82, 2.24) is 0 Å². The number of benzene rings is 3. The molecule has 3 aromatic rings. The van der Waals surface area contributed by atoms with Gasteiger partial charge < -0.3 is 4.74 Å². The Hall–Kier alpha value is -3.74. The molecule has 0 bridgehead atoms. The summed E-state index contributed by atoms with van der Waals surface area (Å²) in [5.41, 5.74) is 1.43. The molecule has 2 aliphatic carbocycles. The standard InChI is InChI=1S/C37H36F6O/c1-3-5-6-7-26-16-17-29(35(41)32(26)38)30-19-18-27(33(39)36(30)42)24-12-8-22(9-13-24)23-10-14-25(15-11-23)28-20-21-31(44-4-2)37(43)34(28)40/h3,5,12,14,16-23H,4,6-11,13,15H2,1-2H3. The van der Waals surface area contributed by atoms with Gasteiger partial charge in [-0.1, -0.05) is 48.6 Å². The van der Waals surface area contributed by atoms with Crippen LogP contribution in [0.4, 0.5) is 26.3 Å². The van der Waals surface area contributed by atoms with Crippen LogP contribution >= 0.6 is 0 Å². The SMILES string of the molecule is CC=CCCc1ccc(-c2ccc(C3=CCC(C4CC=C(c5ccc(OCC)c(F)c5F)CC4)CC3)c(F)c2F)c(F)c1F. The van der Waals surface area contributed by atoms with E-state index in [0.717, 1.165) is 24.8 Å². The highest BCUT2D eigenvalue weighted by Crippen LogP contribution is 2.43. The molecule has 0 amide bonds. The molecule has 2 unspecified atom stereocenters. The molecule has 5 rings (SSSR count). The van der Waals surface area contributed by atoms with E-state index < -0.39 is 34.9 Å². The summed E-state index contributed by atoms with van der Waals surface area (Å²) in [5.74, 6) is -5.79. The molecule has 0 radical (unpaired) electrons. The van der Waals surface area contributed by atoms with Crippen molar-refractivity contribution in [2.45, 2.75) is 65.2 Å². The van der Waals surface area contributed by atoms with E-state index in [4.69, 9.17) is 4.74 Å². The molecule has 0 N–H and O–H groups in total. The number of hydrogen-bond acceptors (Lipinski definition) is 1. The summed E-state index contributed by atoms with van der Waals surface area (Å²) in [6.45, 7) is 3.80. The molecule has 0 fully saturated rings. The Morgan fingerprint density at radius 2 is 1.16 bits per heavy atom. The van der Waals surface area contributed by atoms with Crippen molar-refractivity contribution in [1.29, 1.82) is 0 Å². The third kappa shape index (κ3) is 6.38. The Labute approximate surface area is 255 Å². The number of aryl methyl sites for hydroxylation is 1. The number of rotatable bonds is 9. The zero-order valence-corrected chi connectivity index (χ0v) is 25.0. The Morgan fingerprint density at radius 1 is 0.659 bits per heavy atom. The summed E-state index contributed by atoms with van der Waals surface area (Å²) in [5, 5.41) is 0. The van der Waals surface area contributed by atoms with Crippen LogP contribution in [0.25, 0.3) is 22.3 Å². The summed E-state index contributed by atoms with van der Waals surface area (Å²) in [6, 6.07) is 8.51. The lowest BCUT2D eigenvalue weighted by Gasteiger charge is -2.32. The molecule has 2 aliphatic rings. The van der Waals surface area contributed by atoms with Gasteiger partial charge in [-0.3, -0.25) is 0 Å². The first kappa shape index (κ1) is 31.7. The van der Waals surface area contributed by atoms with Gasteiger partial charge in [0.15, 0.2) is 34.8 Å². The van der Waals surface area contributed by atoms with Crippen molar-refractivity contribution in [3.8, 4) is 16.9 Å². The fraction of sp³-hybridized carbons (Fsp3) is 0.351. The largest absolute Gasteiger partial charge is 0.491 e. The van der Waals surface area contributed by atoms with Gasteiger partial charge >= 0.3 is 0 Å². The van der Waals surface area contributed by atoms with Crippen molar-refractivity contribution < 1.29 is 31.1 Å². The van der Waals surface area contributed by atoms with E-state index in [9.17, 15) is 17.6 Å². The van der Waals surface area contributed by atoms with E-state index in [1.165, 1.54) is 30.3 Å².